The minimum Gasteiger partial charge on any atom is -0.420 e. The van der Waals surface area contributed by atoms with Gasteiger partial charge in [-0.1, -0.05) is 41.5 Å². The zero-order valence-corrected chi connectivity index (χ0v) is 12.7. The molecule has 0 spiro atoms. The van der Waals surface area contributed by atoms with E-state index < -0.39 is 0 Å². The third-order valence-corrected chi connectivity index (χ3v) is 4.03. The first-order valence-electron chi connectivity index (χ1n) is 4.73. The van der Waals surface area contributed by atoms with Gasteiger partial charge in [-0.2, -0.15) is 0 Å². The van der Waals surface area contributed by atoms with E-state index in [4.69, 9.17) is 16.0 Å². The molecule has 3 heteroatoms. The molecule has 0 amide bonds. The highest BCUT2D eigenvalue weighted by atomic mass is 35.5. The van der Waals surface area contributed by atoms with Crippen molar-refractivity contribution in [2.75, 3.05) is 5.88 Å². The first-order valence-corrected chi connectivity index (χ1v) is 6.08. The predicted molar refractivity (Wildman–Crippen MR) is 63.4 cm³/mol. The van der Waals surface area contributed by atoms with Crippen LogP contribution < -0.4 is 0 Å². The Morgan fingerprint density at radius 3 is 1.31 bits per heavy atom. The van der Waals surface area contributed by atoms with Crippen molar-refractivity contribution in [2.45, 2.75) is 47.1 Å². The molecule has 0 bridgehead atoms. The van der Waals surface area contributed by atoms with Crippen LogP contribution in [0.1, 0.15) is 41.5 Å². The lowest BCUT2D eigenvalue weighted by Gasteiger charge is -2.52. The molecule has 0 aliphatic rings. The first kappa shape index (κ1) is 13.5. The number of hydrogen-bond acceptors (Lipinski definition) is 1. The molecule has 0 aromatic heterocycles. The average molecular weight is 223 g/mol. The summed E-state index contributed by atoms with van der Waals surface area (Å²) in [5, 5.41) is 0. The maximum Gasteiger partial charge on any atom is 0.146 e. The lowest BCUT2D eigenvalue weighted by molar-refractivity contribution is -0.0922. The van der Waals surface area contributed by atoms with Crippen molar-refractivity contribution in [3.05, 3.63) is 0 Å². The molecule has 0 heterocycles. The zero-order chi connectivity index (χ0) is 10.9. The van der Waals surface area contributed by atoms with Gasteiger partial charge in [-0.25, -0.2) is 0 Å². The minimum atomic E-state index is -0.215. The number of alkyl halides is 1. The molecule has 0 aromatic rings. The summed E-state index contributed by atoms with van der Waals surface area (Å²) in [5.74, 6) is 0.559. The first-order chi connectivity index (χ1) is 5.62. The molecular weight excluding hydrogens is 200 g/mol. The fourth-order valence-electron chi connectivity index (χ4n) is 2.19. The van der Waals surface area contributed by atoms with Crippen LogP contribution >= 0.6 is 11.6 Å². The van der Waals surface area contributed by atoms with E-state index in [1.165, 1.54) is 0 Å². The second-order valence-electron chi connectivity index (χ2n) is 5.66. The fourth-order valence-corrected chi connectivity index (χ4v) is 4.66. The summed E-state index contributed by atoms with van der Waals surface area (Å²) in [7, 11) is 0.733. The topological polar surface area (TPSA) is 9.23 Å². The molecule has 13 heavy (non-hydrogen) atoms. The maximum atomic E-state index is 6.09. The largest absolute Gasteiger partial charge is 0.420 e. The quantitative estimate of drug-likeness (QED) is 0.515. The molecule has 0 N–H and O–H groups in total. The summed E-state index contributed by atoms with van der Waals surface area (Å²) in [5.41, 5.74) is -0.0583. The standard InChI is InChI=1S/C10H23ClOSi/c1-8(2,3)10(7-11,12-13)9(4,5)6/h7H2,1-6,13H3. The molecule has 0 unspecified atom stereocenters. The van der Waals surface area contributed by atoms with Gasteiger partial charge in [0.1, 0.15) is 10.5 Å². The third kappa shape index (κ3) is 2.28. The summed E-state index contributed by atoms with van der Waals surface area (Å²) in [4.78, 5) is 0. The molecule has 0 rings (SSSR count). The van der Waals surface area contributed by atoms with Crippen LogP contribution in [0.3, 0.4) is 0 Å². The van der Waals surface area contributed by atoms with Gasteiger partial charge in [0.25, 0.3) is 0 Å². The zero-order valence-electron chi connectivity index (χ0n) is 9.99. The fraction of sp³-hybridized carbons (Fsp3) is 1.00. The lowest BCUT2D eigenvalue weighted by atomic mass is 9.63. The Labute approximate surface area is 90.7 Å². The predicted octanol–water partition coefficient (Wildman–Crippen LogP) is 2.35. The molecule has 1 nitrogen and oxygen atoms in total. The van der Waals surface area contributed by atoms with Crippen molar-refractivity contribution in [1.29, 1.82) is 0 Å². The number of rotatable bonds is 2. The lowest BCUT2D eigenvalue weighted by Crippen LogP contribution is -2.56. The van der Waals surface area contributed by atoms with E-state index in [1.54, 1.807) is 0 Å². The monoisotopic (exact) mass is 222 g/mol. The van der Waals surface area contributed by atoms with Crippen LogP contribution in [0.25, 0.3) is 0 Å². The molecule has 0 saturated heterocycles. The molecule has 0 aliphatic carbocycles. The molecule has 0 radical (unpaired) electrons. The van der Waals surface area contributed by atoms with Crippen molar-refractivity contribution in [1.82, 2.24) is 0 Å². The molecular formula is C10H23ClOSi. The van der Waals surface area contributed by atoms with Crippen molar-refractivity contribution < 1.29 is 4.43 Å². The normalized spacial score (nSPS) is 15.0. The second-order valence-corrected chi connectivity index (χ2v) is 6.34. The van der Waals surface area contributed by atoms with Gasteiger partial charge < -0.3 is 4.43 Å². The van der Waals surface area contributed by atoms with Crippen LogP contribution in [0.5, 0.6) is 0 Å². The highest BCUT2D eigenvalue weighted by Gasteiger charge is 2.49. The van der Waals surface area contributed by atoms with Crippen LogP contribution in [0, 0.1) is 10.8 Å². The van der Waals surface area contributed by atoms with Gasteiger partial charge in [-0.3, -0.25) is 0 Å². The van der Waals surface area contributed by atoms with E-state index in [0.717, 1.165) is 10.5 Å². The Bertz CT molecular complexity index is 147. The summed E-state index contributed by atoms with van der Waals surface area (Å²) >= 11 is 6.09. The summed E-state index contributed by atoms with van der Waals surface area (Å²) in [6.07, 6.45) is 0. The smallest absolute Gasteiger partial charge is 0.146 e. The third-order valence-electron chi connectivity index (χ3n) is 2.96. The Morgan fingerprint density at radius 2 is 1.31 bits per heavy atom. The number of halogens is 1. The second kappa shape index (κ2) is 3.91. The van der Waals surface area contributed by atoms with Gasteiger partial charge >= 0.3 is 0 Å². The summed E-state index contributed by atoms with van der Waals surface area (Å²) < 4.78 is 5.82. The van der Waals surface area contributed by atoms with E-state index >= 15 is 0 Å². The average Bonchev–Trinajstić information content (AvgIpc) is 1.84. The van der Waals surface area contributed by atoms with Gasteiger partial charge in [0, 0.05) is 0 Å². The molecule has 0 aromatic carbocycles. The van der Waals surface area contributed by atoms with E-state index in [1.807, 2.05) is 0 Å². The van der Waals surface area contributed by atoms with Gasteiger partial charge in [0.05, 0.1) is 11.5 Å². The van der Waals surface area contributed by atoms with E-state index in [2.05, 4.69) is 41.5 Å². The van der Waals surface area contributed by atoms with Crippen molar-refractivity contribution >= 4 is 22.1 Å². The van der Waals surface area contributed by atoms with Crippen LogP contribution in [0.15, 0.2) is 0 Å². The molecule has 0 aliphatic heterocycles. The van der Waals surface area contributed by atoms with Crippen molar-refractivity contribution in [3.63, 3.8) is 0 Å². The minimum absolute atomic E-state index is 0.0781. The van der Waals surface area contributed by atoms with Gasteiger partial charge in [-0.15, -0.1) is 11.6 Å². The highest BCUT2D eigenvalue weighted by molar-refractivity contribution is 6.19. The Hall–Kier alpha value is 0.467. The van der Waals surface area contributed by atoms with E-state index in [0.29, 0.717) is 5.88 Å². The maximum absolute atomic E-state index is 6.09. The van der Waals surface area contributed by atoms with Crippen LogP contribution in [-0.4, -0.2) is 22.0 Å². The van der Waals surface area contributed by atoms with Gasteiger partial charge in [0.2, 0.25) is 0 Å². The van der Waals surface area contributed by atoms with E-state index in [-0.39, 0.29) is 16.4 Å². The van der Waals surface area contributed by atoms with E-state index in [9.17, 15) is 0 Å². The molecule has 0 fully saturated rings. The van der Waals surface area contributed by atoms with Crippen LogP contribution in [0.4, 0.5) is 0 Å². The number of hydrogen-bond donors (Lipinski definition) is 0. The summed E-state index contributed by atoms with van der Waals surface area (Å²) in [6, 6.07) is 0. The summed E-state index contributed by atoms with van der Waals surface area (Å²) in [6.45, 7) is 13.2. The highest BCUT2D eigenvalue weighted by Crippen LogP contribution is 2.46. The van der Waals surface area contributed by atoms with Gasteiger partial charge in [0.15, 0.2) is 0 Å². The van der Waals surface area contributed by atoms with Crippen molar-refractivity contribution in [2.24, 2.45) is 10.8 Å². The van der Waals surface area contributed by atoms with Gasteiger partial charge in [-0.05, 0) is 10.8 Å². The Balaban J connectivity index is 5.17. The van der Waals surface area contributed by atoms with Crippen molar-refractivity contribution in [3.8, 4) is 0 Å². The molecule has 0 atom stereocenters. The SMILES string of the molecule is CC(C)(C)C(CCl)(O[SiH3])C(C)(C)C. The molecule has 0 saturated carbocycles. The Kier molecular flexibility index (Phi) is 4.05. The van der Waals surface area contributed by atoms with Crippen LogP contribution in [-0.2, 0) is 4.43 Å². The Morgan fingerprint density at radius 1 is 1.00 bits per heavy atom. The van der Waals surface area contributed by atoms with Crippen LogP contribution in [0.2, 0.25) is 0 Å². The molecule has 80 valence electrons.